The van der Waals surface area contributed by atoms with Crippen LogP contribution in [0, 0.1) is 0 Å². The standard InChI is InChI=1S/C10H17NO3/c1-11-8-4-2-3-5-9(7-6-8)14-10(12)13/h3,5,8-9,11H,2,4,6-7H2,1H3,(H,12,13)/b5-3+/t8-,9?/m1/s1. The second-order valence-electron chi connectivity index (χ2n) is 3.49. The minimum Gasteiger partial charge on any atom is -0.450 e. The maximum absolute atomic E-state index is 10.3. The quantitative estimate of drug-likeness (QED) is 0.525. The molecule has 14 heavy (non-hydrogen) atoms. The number of hydrogen-bond donors (Lipinski definition) is 2. The van der Waals surface area contributed by atoms with Gasteiger partial charge in [0.2, 0.25) is 0 Å². The van der Waals surface area contributed by atoms with Crippen molar-refractivity contribution in [2.75, 3.05) is 7.05 Å². The zero-order valence-electron chi connectivity index (χ0n) is 8.40. The molecule has 2 N–H and O–H groups in total. The van der Waals surface area contributed by atoms with Crippen LogP contribution < -0.4 is 5.32 Å². The first kappa shape index (κ1) is 11.0. The molecule has 0 aromatic carbocycles. The number of carboxylic acid groups (broad SMARTS) is 1. The monoisotopic (exact) mass is 199 g/mol. The topological polar surface area (TPSA) is 58.6 Å². The van der Waals surface area contributed by atoms with Gasteiger partial charge < -0.3 is 15.2 Å². The molecule has 2 atom stereocenters. The first-order valence-electron chi connectivity index (χ1n) is 4.96. The van der Waals surface area contributed by atoms with Crippen molar-refractivity contribution in [3.63, 3.8) is 0 Å². The molecule has 0 aliphatic heterocycles. The smallest absolute Gasteiger partial charge is 0.450 e. The molecule has 4 nitrogen and oxygen atoms in total. The summed E-state index contributed by atoms with van der Waals surface area (Å²) >= 11 is 0. The highest BCUT2D eigenvalue weighted by atomic mass is 16.7. The van der Waals surface area contributed by atoms with E-state index < -0.39 is 6.16 Å². The van der Waals surface area contributed by atoms with Crippen molar-refractivity contribution in [3.05, 3.63) is 12.2 Å². The van der Waals surface area contributed by atoms with E-state index >= 15 is 0 Å². The summed E-state index contributed by atoms with van der Waals surface area (Å²) in [7, 11) is 1.93. The van der Waals surface area contributed by atoms with Crippen LogP contribution in [-0.2, 0) is 4.74 Å². The Morgan fingerprint density at radius 3 is 2.93 bits per heavy atom. The lowest BCUT2D eigenvalue weighted by Crippen LogP contribution is -2.28. The van der Waals surface area contributed by atoms with E-state index in [0.717, 1.165) is 25.7 Å². The van der Waals surface area contributed by atoms with Crippen LogP contribution in [-0.4, -0.2) is 30.5 Å². The minimum absolute atomic E-state index is 0.274. The molecule has 0 fully saturated rings. The van der Waals surface area contributed by atoms with Crippen LogP contribution in [0.5, 0.6) is 0 Å². The highest BCUT2D eigenvalue weighted by molar-refractivity contribution is 5.57. The molecule has 1 rings (SSSR count). The zero-order chi connectivity index (χ0) is 10.4. The second kappa shape index (κ2) is 5.65. The Kier molecular flexibility index (Phi) is 4.46. The van der Waals surface area contributed by atoms with E-state index in [1.165, 1.54) is 0 Å². The van der Waals surface area contributed by atoms with Gasteiger partial charge in [0.25, 0.3) is 0 Å². The van der Waals surface area contributed by atoms with Crippen LogP contribution in [0.3, 0.4) is 0 Å². The fourth-order valence-electron chi connectivity index (χ4n) is 1.67. The number of ether oxygens (including phenoxy) is 1. The van der Waals surface area contributed by atoms with Crippen molar-refractivity contribution in [1.29, 1.82) is 0 Å². The molecule has 4 heteroatoms. The largest absolute Gasteiger partial charge is 0.506 e. The van der Waals surface area contributed by atoms with Crippen molar-refractivity contribution in [2.45, 2.75) is 37.8 Å². The van der Waals surface area contributed by atoms with Crippen LogP contribution >= 0.6 is 0 Å². The molecule has 80 valence electrons. The maximum atomic E-state index is 10.3. The molecule has 1 aliphatic carbocycles. The molecule has 0 saturated heterocycles. The Hall–Kier alpha value is -1.03. The maximum Gasteiger partial charge on any atom is 0.506 e. The minimum atomic E-state index is -1.19. The summed E-state index contributed by atoms with van der Waals surface area (Å²) in [5.74, 6) is 0. The van der Waals surface area contributed by atoms with Crippen LogP contribution in [0.2, 0.25) is 0 Å². The van der Waals surface area contributed by atoms with Crippen LogP contribution in [0.1, 0.15) is 25.7 Å². The summed E-state index contributed by atoms with van der Waals surface area (Å²) in [6, 6.07) is 0.472. The molecule has 0 aromatic rings. The van der Waals surface area contributed by atoms with Crippen LogP contribution in [0.25, 0.3) is 0 Å². The van der Waals surface area contributed by atoms with Crippen LogP contribution in [0.15, 0.2) is 12.2 Å². The van der Waals surface area contributed by atoms with Gasteiger partial charge in [-0.1, -0.05) is 6.08 Å². The van der Waals surface area contributed by atoms with Gasteiger partial charge in [0, 0.05) is 6.04 Å². The lowest BCUT2D eigenvalue weighted by molar-refractivity contribution is 0.0638. The average molecular weight is 199 g/mol. The zero-order valence-corrected chi connectivity index (χ0v) is 8.40. The fraction of sp³-hybridized carbons (Fsp3) is 0.700. The van der Waals surface area contributed by atoms with Crippen molar-refractivity contribution < 1.29 is 14.6 Å². The van der Waals surface area contributed by atoms with Gasteiger partial charge in [-0.15, -0.1) is 0 Å². The first-order valence-corrected chi connectivity index (χ1v) is 4.96. The third kappa shape index (κ3) is 3.79. The Morgan fingerprint density at radius 2 is 2.29 bits per heavy atom. The second-order valence-corrected chi connectivity index (χ2v) is 3.49. The molecule has 0 spiro atoms. The van der Waals surface area contributed by atoms with Crippen molar-refractivity contribution in [2.24, 2.45) is 0 Å². The van der Waals surface area contributed by atoms with Gasteiger partial charge in [-0.25, -0.2) is 4.79 Å². The van der Waals surface area contributed by atoms with Gasteiger partial charge in [-0.3, -0.25) is 0 Å². The highest BCUT2D eigenvalue weighted by Crippen LogP contribution is 2.14. The summed E-state index contributed by atoms with van der Waals surface area (Å²) in [6.45, 7) is 0. The Bertz CT molecular complexity index is 215. The molecular weight excluding hydrogens is 182 g/mol. The summed E-state index contributed by atoms with van der Waals surface area (Å²) in [5, 5.41) is 11.7. The molecule has 1 unspecified atom stereocenters. The highest BCUT2D eigenvalue weighted by Gasteiger charge is 2.15. The summed E-state index contributed by atoms with van der Waals surface area (Å²) in [5.41, 5.74) is 0. The van der Waals surface area contributed by atoms with Crippen LogP contribution in [0.4, 0.5) is 4.79 Å². The van der Waals surface area contributed by atoms with Gasteiger partial charge in [0.1, 0.15) is 6.10 Å². The lowest BCUT2D eigenvalue weighted by atomic mass is 10.00. The number of allylic oxidation sites excluding steroid dienone is 1. The molecule has 0 amide bonds. The Morgan fingerprint density at radius 1 is 1.50 bits per heavy atom. The summed E-state index contributed by atoms with van der Waals surface area (Å²) in [4.78, 5) is 10.3. The average Bonchev–Trinajstić information content (AvgIpc) is 2.10. The SMILES string of the molecule is CN[C@@H]1CC/C=C/C(OC(=O)O)CC1. The molecule has 0 saturated carbocycles. The van der Waals surface area contributed by atoms with E-state index in [0.29, 0.717) is 6.04 Å². The van der Waals surface area contributed by atoms with Gasteiger partial charge in [0.15, 0.2) is 0 Å². The summed E-state index contributed by atoms with van der Waals surface area (Å²) in [6.07, 6.45) is 6.17. The predicted molar refractivity (Wildman–Crippen MR) is 53.4 cm³/mol. The van der Waals surface area contributed by atoms with Gasteiger partial charge >= 0.3 is 6.16 Å². The third-order valence-electron chi connectivity index (χ3n) is 2.49. The van der Waals surface area contributed by atoms with E-state index in [9.17, 15) is 4.79 Å². The lowest BCUT2D eigenvalue weighted by Gasteiger charge is -2.20. The van der Waals surface area contributed by atoms with Gasteiger partial charge in [0.05, 0.1) is 0 Å². The van der Waals surface area contributed by atoms with E-state index in [2.05, 4.69) is 5.32 Å². The van der Waals surface area contributed by atoms with Gasteiger partial charge in [-0.2, -0.15) is 0 Å². The Balaban J connectivity index is 2.44. The number of carbonyl (C=O) groups is 1. The molecule has 0 bridgehead atoms. The first-order chi connectivity index (χ1) is 6.72. The van der Waals surface area contributed by atoms with Crippen molar-refractivity contribution >= 4 is 6.16 Å². The number of hydrogen-bond acceptors (Lipinski definition) is 3. The fourth-order valence-corrected chi connectivity index (χ4v) is 1.67. The molecule has 1 aliphatic rings. The van der Waals surface area contributed by atoms with E-state index in [1.54, 1.807) is 0 Å². The van der Waals surface area contributed by atoms with Gasteiger partial charge in [-0.05, 0) is 38.8 Å². The number of rotatable bonds is 2. The molecule has 0 heterocycles. The normalized spacial score (nSPS) is 30.1. The summed E-state index contributed by atoms with van der Waals surface area (Å²) < 4.78 is 4.72. The van der Waals surface area contributed by atoms with E-state index in [-0.39, 0.29) is 6.10 Å². The van der Waals surface area contributed by atoms with Crippen molar-refractivity contribution in [1.82, 2.24) is 5.32 Å². The van der Waals surface area contributed by atoms with Crippen molar-refractivity contribution in [3.8, 4) is 0 Å². The Labute approximate surface area is 83.9 Å². The molecule has 0 radical (unpaired) electrons. The molecule has 0 aromatic heterocycles. The molecular formula is C10H17NO3. The van der Waals surface area contributed by atoms with E-state index in [4.69, 9.17) is 9.84 Å². The predicted octanol–water partition coefficient (Wildman–Crippen LogP) is 1.77. The number of nitrogens with one attached hydrogen (secondary N) is 1. The third-order valence-corrected chi connectivity index (χ3v) is 2.49. The van der Waals surface area contributed by atoms with E-state index in [1.807, 2.05) is 19.2 Å².